The third-order valence-electron chi connectivity index (χ3n) is 3.87. The second kappa shape index (κ2) is 6.23. The van der Waals surface area contributed by atoms with Crippen molar-refractivity contribution >= 4 is 28.7 Å². The molecule has 0 amide bonds. The van der Waals surface area contributed by atoms with E-state index in [4.69, 9.17) is 0 Å². The minimum atomic E-state index is 0.501. The Kier molecular flexibility index (Phi) is 4.38. The van der Waals surface area contributed by atoms with Gasteiger partial charge in [-0.1, -0.05) is 42.1 Å². The molecule has 1 heterocycles. The molecule has 3 unspecified atom stereocenters. The van der Waals surface area contributed by atoms with Crippen LogP contribution in [0.25, 0.3) is 0 Å². The van der Waals surface area contributed by atoms with Gasteiger partial charge in [0.05, 0.1) is 11.8 Å². The zero-order valence-electron chi connectivity index (χ0n) is 11.2. The largest absolute Gasteiger partial charge is 0.362 e. The molecule has 1 fully saturated rings. The van der Waals surface area contributed by atoms with Crippen molar-refractivity contribution in [3.05, 3.63) is 35.9 Å². The van der Waals surface area contributed by atoms with Crippen LogP contribution in [0.5, 0.6) is 0 Å². The minimum Gasteiger partial charge on any atom is -0.362 e. The van der Waals surface area contributed by atoms with Gasteiger partial charge in [-0.05, 0) is 31.1 Å². The number of nitrogens with one attached hydrogen (secondary N) is 1. The van der Waals surface area contributed by atoms with Crippen molar-refractivity contribution in [3.63, 3.8) is 0 Å². The number of amidine groups is 1. The van der Waals surface area contributed by atoms with Crippen molar-refractivity contribution < 1.29 is 0 Å². The van der Waals surface area contributed by atoms with Crippen molar-refractivity contribution in [1.29, 1.82) is 0 Å². The molecule has 19 heavy (non-hydrogen) atoms. The smallest absolute Gasteiger partial charge is 0.157 e. The zero-order chi connectivity index (χ0) is 13.1. The summed E-state index contributed by atoms with van der Waals surface area (Å²) in [5.41, 5.74) is 1.39. The Labute approximate surface area is 123 Å². The number of aliphatic imine (C=N–C) groups is 1. The molecular weight excluding hydrogens is 272 g/mol. The van der Waals surface area contributed by atoms with E-state index in [1.54, 1.807) is 0 Å². The SMILES string of the molecule is CSC1CCC(NC2=NCC(c3ccccc3)S2)C1. The molecule has 102 valence electrons. The van der Waals surface area contributed by atoms with Crippen molar-refractivity contribution in [1.82, 2.24) is 5.32 Å². The number of nitrogens with zero attached hydrogens (tertiary/aromatic N) is 1. The summed E-state index contributed by atoms with van der Waals surface area (Å²) < 4.78 is 0. The molecule has 0 bridgehead atoms. The van der Waals surface area contributed by atoms with E-state index in [0.29, 0.717) is 11.3 Å². The number of hydrogen-bond acceptors (Lipinski definition) is 4. The first-order valence-electron chi connectivity index (χ1n) is 6.90. The van der Waals surface area contributed by atoms with Crippen LogP contribution in [0.3, 0.4) is 0 Å². The summed E-state index contributed by atoms with van der Waals surface area (Å²) in [6.45, 7) is 0.912. The Hall–Kier alpha value is -0.610. The number of hydrogen-bond donors (Lipinski definition) is 1. The minimum absolute atomic E-state index is 0.501. The Bertz CT molecular complexity index is 447. The Morgan fingerprint density at radius 3 is 2.84 bits per heavy atom. The third-order valence-corrected chi connectivity index (χ3v) is 6.14. The second-order valence-corrected chi connectivity index (χ2v) is 7.50. The Morgan fingerprint density at radius 1 is 1.26 bits per heavy atom. The average molecular weight is 292 g/mol. The molecule has 1 aliphatic carbocycles. The van der Waals surface area contributed by atoms with Gasteiger partial charge in [-0.3, -0.25) is 4.99 Å². The van der Waals surface area contributed by atoms with Gasteiger partial charge in [0.1, 0.15) is 0 Å². The van der Waals surface area contributed by atoms with Gasteiger partial charge in [0.15, 0.2) is 5.17 Å². The van der Waals surface area contributed by atoms with Crippen molar-refractivity contribution in [2.24, 2.45) is 4.99 Å². The van der Waals surface area contributed by atoms with E-state index in [9.17, 15) is 0 Å². The van der Waals surface area contributed by atoms with E-state index in [0.717, 1.165) is 17.0 Å². The van der Waals surface area contributed by atoms with Gasteiger partial charge in [0.25, 0.3) is 0 Å². The monoisotopic (exact) mass is 292 g/mol. The maximum absolute atomic E-state index is 4.67. The molecule has 0 radical (unpaired) electrons. The average Bonchev–Trinajstić information content (AvgIpc) is 3.09. The topological polar surface area (TPSA) is 24.4 Å². The molecule has 2 nitrogen and oxygen atoms in total. The molecule has 1 N–H and O–H groups in total. The Balaban J connectivity index is 1.52. The number of thioether (sulfide) groups is 2. The quantitative estimate of drug-likeness (QED) is 0.919. The second-order valence-electron chi connectivity index (χ2n) is 5.18. The molecule has 1 aromatic rings. The fourth-order valence-corrected chi connectivity index (χ4v) is 4.65. The molecular formula is C15H20N2S2. The van der Waals surface area contributed by atoms with Gasteiger partial charge in [-0.15, -0.1) is 0 Å². The van der Waals surface area contributed by atoms with E-state index in [1.165, 1.54) is 24.8 Å². The first-order chi connectivity index (χ1) is 9.35. The summed E-state index contributed by atoms with van der Waals surface area (Å²) in [6.07, 6.45) is 6.15. The van der Waals surface area contributed by atoms with E-state index in [1.807, 2.05) is 23.5 Å². The van der Waals surface area contributed by atoms with Crippen molar-refractivity contribution in [2.75, 3.05) is 12.8 Å². The molecule has 1 saturated carbocycles. The highest BCUT2D eigenvalue weighted by Gasteiger charge is 2.27. The summed E-state index contributed by atoms with van der Waals surface area (Å²) in [4.78, 5) is 4.67. The normalized spacial score (nSPS) is 30.4. The lowest BCUT2D eigenvalue weighted by molar-refractivity contribution is 0.636. The lowest BCUT2D eigenvalue weighted by Crippen LogP contribution is -2.30. The number of rotatable bonds is 3. The van der Waals surface area contributed by atoms with Crippen molar-refractivity contribution in [3.8, 4) is 0 Å². The van der Waals surface area contributed by atoms with E-state index < -0.39 is 0 Å². The summed E-state index contributed by atoms with van der Waals surface area (Å²) >= 11 is 3.90. The zero-order valence-corrected chi connectivity index (χ0v) is 12.8. The highest BCUT2D eigenvalue weighted by molar-refractivity contribution is 8.14. The summed E-state index contributed by atoms with van der Waals surface area (Å²) in [6, 6.07) is 11.3. The van der Waals surface area contributed by atoms with Gasteiger partial charge in [-0.25, -0.2) is 0 Å². The molecule has 3 atom stereocenters. The Morgan fingerprint density at radius 2 is 2.11 bits per heavy atom. The van der Waals surface area contributed by atoms with Crippen LogP contribution in [-0.2, 0) is 0 Å². The number of benzene rings is 1. The fraction of sp³-hybridized carbons (Fsp3) is 0.533. The first-order valence-corrected chi connectivity index (χ1v) is 9.07. The van der Waals surface area contributed by atoms with E-state index in [-0.39, 0.29) is 0 Å². The van der Waals surface area contributed by atoms with E-state index >= 15 is 0 Å². The van der Waals surface area contributed by atoms with Gasteiger partial charge in [0, 0.05) is 11.3 Å². The van der Waals surface area contributed by atoms with Crippen LogP contribution in [0.2, 0.25) is 0 Å². The van der Waals surface area contributed by atoms with Crippen LogP contribution < -0.4 is 5.32 Å². The van der Waals surface area contributed by atoms with Gasteiger partial charge in [-0.2, -0.15) is 11.8 Å². The molecule has 0 spiro atoms. The lowest BCUT2D eigenvalue weighted by atomic mass is 10.1. The predicted octanol–water partition coefficient (Wildman–Crippen LogP) is 3.70. The molecule has 0 aromatic heterocycles. The van der Waals surface area contributed by atoms with Gasteiger partial charge in [0.2, 0.25) is 0 Å². The summed E-state index contributed by atoms with van der Waals surface area (Å²) in [5, 5.41) is 6.14. The summed E-state index contributed by atoms with van der Waals surface area (Å²) in [5.74, 6) is 0. The molecule has 2 aliphatic rings. The predicted molar refractivity (Wildman–Crippen MR) is 87.2 cm³/mol. The third kappa shape index (κ3) is 3.29. The standard InChI is InChI=1S/C15H20N2S2/c1-18-13-8-7-12(9-13)17-15-16-10-14(19-15)11-5-3-2-4-6-11/h2-6,12-14H,7-10H2,1H3,(H,16,17). The van der Waals surface area contributed by atoms with Crippen molar-refractivity contribution in [2.45, 2.75) is 35.8 Å². The van der Waals surface area contributed by atoms with Crippen LogP contribution >= 0.6 is 23.5 Å². The maximum Gasteiger partial charge on any atom is 0.157 e. The van der Waals surface area contributed by atoms with Crippen LogP contribution in [0, 0.1) is 0 Å². The maximum atomic E-state index is 4.67. The fourth-order valence-electron chi connectivity index (χ4n) is 2.76. The summed E-state index contributed by atoms with van der Waals surface area (Å²) in [7, 11) is 0. The highest BCUT2D eigenvalue weighted by atomic mass is 32.2. The van der Waals surface area contributed by atoms with E-state index in [2.05, 4.69) is 46.9 Å². The first kappa shape index (κ1) is 13.4. The van der Waals surface area contributed by atoms with Crippen LogP contribution in [0.4, 0.5) is 0 Å². The molecule has 0 saturated heterocycles. The van der Waals surface area contributed by atoms with Gasteiger partial charge >= 0.3 is 0 Å². The molecule has 1 aliphatic heterocycles. The van der Waals surface area contributed by atoms with Gasteiger partial charge < -0.3 is 5.32 Å². The lowest BCUT2D eigenvalue weighted by Gasteiger charge is -2.14. The van der Waals surface area contributed by atoms with Crippen LogP contribution in [0.1, 0.15) is 30.1 Å². The van der Waals surface area contributed by atoms with Crippen LogP contribution in [-0.4, -0.2) is 29.3 Å². The molecule has 3 rings (SSSR count). The highest BCUT2D eigenvalue weighted by Crippen LogP contribution is 2.35. The molecule has 1 aromatic carbocycles. The van der Waals surface area contributed by atoms with Crippen LogP contribution in [0.15, 0.2) is 35.3 Å². The molecule has 4 heteroatoms.